The second-order valence-electron chi connectivity index (χ2n) is 4.31. The number of rotatable bonds is 4. The highest BCUT2D eigenvalue weighted by molar-refractivity contribution is 5.86. The van der Waals surface area contributed by atoms with Gasteiger partial charge in [0.1, 0.15) is 0 Å². The van der Waals surface area contributed by atoms with E-state index in [0.717, 1.165) is 12.3 Å². The lowest BCUT2D eigenvalue weighted by molar-refractivity contribution is -0.132. The monoisotopic (exact) mass is 197 g/mol. The molecule has 1 saturated carbocycles. The number of aliphatic carboxylic acids is 1. The van der Waals surface area contributed by atoms with E-state index in [1.165, 1.54) is 6.42 Å². The summed E-state index contributed by atoms with van der Waals surface area (Å²) in [5, 5.41) is 11.9. The van der Waals surface area contributed by atoms with Crippen molar-refractivity contribution >= 4 is 5.97 Å². The van der Waals surface area contributed by atoms with Gasteiger partial charge in [-0.3, -0.25) is 0 Å². The van der Waals surface area contributed by atoms with E-state index in [2.05, 4.69) is 25.7 Å². The van der Waals surface area contributed by atoms with Crippen LogP contribution in [0.3, 0.4) is 0 Å². The molecular weight excluding hydrogens is 178 g/mol. The van der Waals surface area contributed by atoms with Crippen LogP contribution in [0.25, 0.3) is 0 Å². The molecule has 3 unspecified atom stereocenters. The maximum atomic E-state index is 10.5. The fraction of sp³-hybridized carbons (Fsp3) is 0.727. The quantitative estimate of drug-likeness (QED) is 0.674. The van der Waals surface area contributed by atoms with Gasteiger partial charge in [0, 0.05) is 18.2 Å². The molecule has 0 aromatic heterocycles. The zero-order valence-electron chi connectivity index (χ0n) is 8.92. The lowest BCUT2D eigenvalue weighted by atomic mass is 9.98. The smallest absolute Gasteiger partial charge is 0.332 e. The molecule has 0 aromatic rings. The molecule has 3 atom stereocenters. The third-order valence-electron chi connectivity index (χ3n) is 3.35. The van der Waals surface area contributed by atoms with Gasteiger partial charge in [0.15, 0.2) is 0 Å². The molecule has 0 aromatic carbocycles. The van der Waals surface area contributed by atoms with Crippen molar-refractivity contribution in [2.75, 3.05) is 6.54 Å². The van der Waals surface area contributed by atoms with Crippen molar-refractivity contribution in [2.24, 2.45) is 11.8 Å². The zero-order chi connectivity index (χ0) is 10.7. The van der Waals surface area contributed by atoms with Gasteiger partial charge in [-0.2, -0.15) is 0 Å². The fourth-order valence-corrected chi connectivity index (χ4v) is 1.98. The molecule has 0 bridgehead atoms. The highest BCUT2D eigenvalue weighted by Crippen LogP contribution is 2.30. The summed E-state index contributed by atoms with van der Waals surface area (Å²) in [7, 11) is 0. The Kier molecular flexibility index (Phi) is 3.69. The molecule has 0 amide bonds. The van der Waals surface area contributed by atoms with Crippen LogP contribution in [-0.2, 0) is 4.79 Å². The number of nitrogens with one attached hydrogen (secondary N) is 1. The first-order valence-corrected chi connectivity index (χ1v) is 5.16. The van der Waals surface area contributed by atoms with E-state index in [1.54, 1.807) is 0 Å². The van der Waals surface area contributed by atoms with E-state index >= 15 is 0 Å². The molecule has 0 saturated heterocycles. The highest BCUT2D eigenvalue weighted by Gasteiger charge is 2.29. The van der Waals surface area contributed by atoms with E-state index in [-0.39, 0.29) is 5.57 Å². The number of hydrogen-bond acceptors (Lipinski definition) is 2. The topological polar surface area (TPSA) is 49.3 Å². The van der Waals surface area contributed by atoms with E-state index in [1.807, 2.05) is 0 Å². The summed E-state index contributed by atoms with van der Waals surface area (Å²) in [6.45, 7) is 8.37. The van der Waals surface area contributed by atoms with Gasteiger partial charge in [0.25, 0.3) is 0 Å². The summed E-state index contributed by atoms with van der Waals surface area (Å²) in [6, 6.07) is 0.459. The van der Waals surface area contributed by atoms with Gasteiger partial charge in [-0.1, -0.05) is 20.4 Å². The van der Waals surface area contributed by atoms with Crippen LogP contribution in [0.5, 0.6) is 0 Å². The van der Waals surface area contributed by atoms with Gasteiger partial charge in [0.05, 0.1) is 0 Å². The van der Waals surface area contributed by atoms with Gasteiger partial charge in [-0.05, 0) is 24.7 Å². The van der Waals surface area contributed by atoms with Crippen molar-refractivity contribution < 1.29 is 9.90 Å². The second kappa shape index (κ2) is 4.60. The van der Waals surface area contributed by atoms with Gasteiger partial charge >= 0.3 is 5.97 Å². The molecule has 80 valence electrons. The van der Waals surface area contributed by atoms with Crippen LogP contribution in [0.2, 0.25) is 0 Å². The first-order valence-electron chi connectivity index (χ1n) is 5.16. The van der Waals surface area contributed by atoms with Crippen LogP contribution in [0.15, 0.2) is 12.2 Å². The van der Waals surface area contributed by atoms with Crippen LogP contribution in [-0.4, -0.2) is 23.7 Å². The molecule has 0 heterocycles. The maximum absolute atomic E-state index is 10.5. The summed E-state index contributed by atoms with van der Waals surface area (Å²) in [5.41, 5.74) is 0.247. The highest BCUT2D eigenvalue weighted by atomic mass is 16.4. The average Bonchev–Trinajstić information content (AvgIpc) is 2.44. The Morgan fingerprint density at radius 1 is 1.50 bits per heavy atom. The molecule has 1 aliphatic rings. The zero-order valence-corrected chi connectivity index (χ0v) is 8.92. The Balaban J connectivity index is 2.32. The van der Waals surface area contributed by atoms with Gasteiger partial charge in [-0.25, -0.2) is 4.79 Å². The predicted octanol–water partition coefficient (Wildman–Crippen LogP) is 1.65. The third kappa shape index (κ3) is 2.58. The predicted molar refractivity (Wildman–Crippen MR) is 56.1 cm³/mol. The Bertz CT molecular complexity index is 237. The molecule has 14 heavy (non-hydrogen) atoms. The minimum atomic E-state index is -0.906. The largest absolute Gasteiger partial charge is 0.478 e. The Labute approximate surface area is 85.2 Å². The SMILES string of the molecule is C=C(CNC1CCC(C)C1C)C(=O)O. The van der Waals surface area contributed by atoms with Crippen molar-refractivity contribution in [1.82, 2.24) is 5.32 Å². The van der Waals surface area contributed by atoms with E-state index in [0.29, 0.717) is 18.5 Å². The molecule has 1 fully saturated rings. The maximum Gasteiger partial charge on any atom is 0.332 e. The molecule has 0 radical (unpaired) electrons. The lowest BCUT2D eigenvalue weighted by Gasteiger charge is -2.19. The minimum Gasteiger partial charge on any atom is -0.478 e. The fourth-order valence-electron chi connectivity index (χ4n) is 1.98. The molecule has 3 heteroatoms. The van der Waals surface area contributed by atoms with Crippen LogP contribution < -0.4 is 5.32 Å². The Morgan fingerprint density at radius 3 is 2.57 bits per heavy atom. The summed E-state index contributed by atoms with van der Waals surface area (Å²) >= 11 is 0. The average molecular weight is 197 g/mol. The van der Waals surface area contributed by atoms with Crippen molar-refractivity contribution in [3.05, 3.63) is 12.2 Å². The van der Waals surface area contributed by atoms with Crippen molar-refractivity contribution in [3.8, 4) is 0 Å². The number of carboxylic acids is 1. The standard InChI is InChI=1S/C11H19NO2/c1-7-4-5-10(9(7)3)12-6-8(2)11(13)14/h7,9-10,12H,2,4-6H2,1,3H3,(H,13,14). The van der Waals surface area contributed by atoms with Crippen LogP contribution >= 0.6 is 0 Å². The Morgan fingerprint density at radius 2 is 2.14 bits per heavy atom. The van der Waals surface area contributed by atoms with E-state index < -0.39 is 5.97 Å². The van der Waals surface area contributed by atoms with Gasteiger partial charge in [-0.15, -0.1) is 0 Å². The molecule has 1 rings (SSSR count). The van der Waals surface area contributed by atoms with Gasteiger partial charge in [0.2, 0.25) is 0 Å². The number of hydrogen-bond donors (Lipinski definition) is 2. The lowest BCUT2D eigenvalue weighted by Crippen LogP contribution is -2.34. The van der Waals surface area contributed by atoms with Crippen molar-refractivity contribution in [2.45, 2.75) is 32.7 Å². The molecule has 0 spiro atoms. The minimum absolute atomic E-state index is 0.247. The molecule has 1 aliphatic carbocycles. The first-order chi connectivity index (χ1) is 6.52. The Hall–Kier alpha value is -0.830. The van der Waals surface area contributed by atoms with Crippen LogP contribution in [0.4, 0.5) is 0 Å². The van der Waals surface area contributed by atoms with E-state index in [9.17, 15) is 4.79 Å². The summed E-state index contributed by atoms with van der Waals surface area (Å²) in [5.74, 6) is 0.471. The van der Waals surface area contributed by atoms with Gasteiger partial charge < -0.3 is 10.4 Å². The second-order valence-corrected chi connectivity index (χ2v) is 4.31. The van der Waals surface area contributed by atoms with Crippen molar-refractivity contribution in [1.29, 1.82) is 0 Å². The van der Waals surface area contributed by atoms with Crippen LogP contribution in [0, 0.1) is 11.8 Å². The molecule has 2 N–H and O–H groups in total. The molecular formula is C11H19NO2. The van der Waals surface area contributed by atoms with Crippen molar-refractivity contribution in [3.63, 3.8) is 0 Å². The normalized spacial score (nSPS) is 31.7. The summed E-state index contributed by atoms with van der Waals surface area (Å²) in [4.78, 5) is 10.5. The molecule has 0 aliphatic heterocycles. The van der Waals surface area contributed by atoms with Crippen LogP contribution in [0.1, 0.15) is 26.7 Å². The third-order valence-corrected chi connectivity index (χ3v) is 3.35. The number of carbonyl (C=O) groups is 1. The summed E-state index contributed by atoms with van der Waals surface area (Å²) in [6.07, 6.45) is 2.38. The van der Waals surface area contributed by atoms with E-state index in [4.69, 9.17) is 5.11 Å². The molecule has 3 nitrogen and oxygen atoms in total. The first kappa shape index (κ1) is 11.2. The number of carboxylic acid groups (broad SMARTS) is 1. The summed E-state index contributed by atoms with van der Waals surface area (Å²) < 4.78 is 0.